The first-order valence-electron chi connectivity index (χ1n) is 34.5. The lowest BCUT2D eigenvalue weighted by Gasteiger charge is -2.31. The summed E-state index contributed by atoms with van der Waals surface area (Å²) in [6.07, 6.45) is 2.05. The number of aliphatic hydroxyl groups excluding tert-OH is 1. The maximum atomic E-state index is 15.0. The second-order valence-electron chi connectivity index (χ2n) is 26.5. The molecule has 1 aromatic heterocycles. The van der Waals surface area contributed by atoms with Gasteiger partial charge in [-0.25, -0.2) is 9.69 Å². The van der Waals surface area contributed by atoms with Crippen molar-refractivity contribution in [2.75, 3.05) is 46.0 Å². The summed E-state index contributed by atoms with van der Waals surface area (Å²) in [6, 6.07) is 14.6. The van der Waals surface area contributed by atoms with Crippen LogP contribution in [0.3, 0.4) is 0 Å². The fourth-order valence-electron chi connectivity index (χ4n) is 12.5. The molecule has 4 aromatic carbocycles. The zero-order valence-corrected chi connectivity index (χ0v) is 59.0. The number of urea groups is 1. The quantitative estimate of drug-likeness (QED) is 0.0100. The molecular weight excluding hydrogens is 1360 g/mol. The molecule has 3 aliphatic heterocycles. The van der Waals surface area contributed by atoms with Crippen LogP contribution in [0.5, 0.6) is 0 Å². The molecule has 3 fully saturated rings. The molecule has 2 unspecified atom stereocenters. The van der Waals surface area contributed by atoms with Crippen molar-refractivity contribution in [3.8, 4) is 0 Å². The van der Waals surface area contributed by atoms with Crippen molar-refractivity contribution in [3.63, 3.8) is 0 Å². The van der Waals surface area contributed by atoms with Gasteiger partial charge in [0.15, 0.2) is 5.96 Å². The number of morpholine rings is 1. The van der Waals surface area contributed by atoms with Crippen LogP contribution in [0.2, 0.25) is 5.02 Å². The van der Waals surface area contributed by atoms with Crippen molar-refractivity contribution in [1.82, 2.24) is 62.2 Å². The van der Waals surface area contributed by atoms with Crippen LogP contribution < -0.4 is 65.5 Å². The first kappa shape index (κ1) is 79.1. The Labute approximate surface area is 606 Å². The van der Waals surface area contributed by atoms with Gasteiger partial charge in [-0.15, -0.1) is 0 Å². The summed E-state index contributed by atoms with van der Waals surface area (Å²) >= 11 is 6.23. The minimum absolute atomic E-state index is 0.0163. The first-order valence-corrected chi connectivity index (χ1v) is 34.9. The van der Waals surface area contributed by atoms with Crippen LogP contribution in [0, 0.1) is 5.92 Å². The fourth-order valence-corrected chi connectivity index (χ4v) is 12.6. The number of carbonyl (C=O) groups excluding carboxylic acids is 12. The van der Waals surface area contributed by atoms with Gasteiger partial charge in [0, 0.05) is 75.8 Å². The van der Waals surface area contributed by atoms with Crippen LogP contribution in [0.1, 0.15) is 87.1 Å². The number of imide groups is 1. The fraction of sp³-hybridized carbons (Fsp3) is 0.444. The van der Waals surface area contributed by atoms with Gasteiger partial charge in [-0.1, -0.05) is 110 Å². The van der Waals surface area contributed by atoms with Crippen molar-refractivity contribution in [3.05, 3.63) is 148 Å². The molecule has 0 spiro atoms. The number of nitrogens with two attached hydrogens (primary N) is 4. The van der Waals surface area contributed by atoms with E-state index in [-0.39, 0.29) is 76.3 Å². The molecule has 4 heterocycles. The van der Waals surface area contributed by atoms with Crippen LogP contribution in [0.4, 0.5) is 4.79 Å². The Balaban J connectivity index is 1.02. The standard InChI is InChI=1S/C72H92ClN17O14/c1-41(2)31-52(62(94)81-51(12-7-25-79-71(76)77)69(101)89-26-8-13-58(89)67(99)80-42(3)61(75)93)82-63(95)53(33-43-14-16-45(17-15-43)39-88-27-29-104-30-28-88)83-65(97)55(37-60(74)92)84-66(98)57(40-91)86-64(96)54(35-47-9-6-24-78-38-47)85-68(100)59(36-44-19-22-50(73)23-20-44)90-70(102)56(87-72(90)103)34-46-18-21-48-10-4-5-11-49(48)32-46/h4-6,9-11,14-24,32,38,41-42,51-59,91H,7-8,12-13,25-31,33-37,39-40H2,1-3H3,(H2,74,92)(H2,75,93)(H,80,99)(H,81,94)(H,82,95)(H,83,97)(H,84,98)(H,85,100)(H,86,96)(H,87,103)(H4,76,77,79)/t42-,51+,52+,53-,54-,55+,56?,57+,58+,59?/m1/s1. The third-order valence-electron chi connectivity index (χ3n) is 18.0. The van der Waals surface area contributed by atoms with Crippen LogP contribution in [0.15, 0.2) is 121 Å². The highest BCUT2D eigenvalue weighted by Crippen LogP contribution is 2.25. The number of aromatic nitrogens is 1. The average Bonchev–Trinajstić information content (AvgIpc) is 1.60. The Morgan fingerprint density at radius 3 is 1.87 bits per heavy atom. The lowest BCUT2D eigenvalue weighted by molar-refractivity contribution is -0.142. The number of hydrogen-bond acceptors (Lipinski definition) is 17. The second-order valence-corrected chi connectivity index (χ2v) is 27.0. The smallest absolute Gasteiger partial charge is 0.325 e. The highest BCUT2D eigenvalue weighted by atomic mass is 35.5. The summed E-state index contributed by atoms with van der Waals surface area (Å²) < 4.78 is 5.51. The molecule has 0 aliphatic carbocycles. The molecule has 32 heteroatoms. The minimum Gasteiger partial charge on any atom is -0.394 e. The molecular formula is C72H92ClN17O14. The van der Waals surface area contributed by atoms with E-state index in [2.05, 4.69) is 57.4 Å². The molecule has 10 atom stereocenters. The van der Waals surface area contributed by atoms with Crippen molar-refractivity contribution in [2.24, 2.45) is 33.8 Å². The summed E-state index contributed by atoms with van der Waals surface area (Å²) in [4.78, 5) is 182. The van der Waals surface area contributed by atoms with Gasteiger partial charge in [-0.2, -0.15) is 0 Å². The van der Waals surface area contributed by atoms with E-state index < -0.39 is 144 Å². The molecule has 5 aromatic rings. The normalized spacial score (nSPS) is 17.6. The van der Waals surface area contributed by atoms with Crippen molar-refractivity contribution >= 4 is 99.3 Å². The molecule has 0 bridgehead atoms. The number of ether oxygens (including phenoxy) is 1. The number of likely N-dealkylation sites (tertiary alicyclic amines) is 1. The van der Waals surface area contributed by atoms with E-state index in [4.69, 9.17) is 39.3 Å². The van der Waals surface area contributed by atoms with E-state index in [9.17, 15) is 62.6 Å². The number of fused-ring (bicyclic) bond motifs is 1. The summed E-state index contributed by atoms with van der Waals surface area (Å²) in [5, 5.41) is 33.9. The summed E-state index contributed by atoms with van der Waals surface area (Å²) in [5.41, 5.74) is 25.3. The Morgan fingerprint density at radius 1 is 0.644 bits per heavy atom. The van der Waals surface area contributed by atoms with E-state index in [1.807, 2.05) is 54.6 Å². The molecule has 31 nitrogen and oxygen atoms in total. The Kier molecular flexibility index (Phi) is 28.9. The molecule has 8 rings (SSSR count). The molecule has 556 valence electrons. The van der Waals surface area contributed by atoms with Gasteiger partial charge >= 0.3 is 6.03 Å². The van der Waals surface area contributed by atoms with E-state index >= 15 is 0 Å². The van der Waals surface area contributed by atoms with E-state index in [0.717, 1.165) is 26.8 Å². The molecule has 104 heavy (non-hydrogen) atoms. The number of guanidine groups is 1. The van der Waals surface area contributed by atoms with Crippen molar-refractivity contribution in [2.45, 2.75) is 152 Å². The predicted octanol–water partition coefficient (Wildman–Crippen LogP) is -0.863. The Hall–Kier alpha value is -10.6. The monoisotopic (exact) mass is 1450 g/mol. The van der Waals surface area contributed by atoms with Crippen LogP contribution in [-0.2, 0) is 89.7 Å². The zero-order valence-electron chi connectivity index (χ0n) is 58.2. The van der Waals surface area contributed by atoms with Crippen molar-refractivity contribution < 1.29 is 67.4 Å². The molecule has 0 radical (unpaired) electrons. The van der Waals surface area contributed by atoms with Gasteiger partial charge in [-0.3, -0.25) is 67.6 Å². The summed E-state index contributed by atoms with van der Waals surface area (Å²) in [5.74, 6) is -10.6. The number of amides is 13. The maximum Gasteiger partial charge on any atom is 0.325 e. The van der Waals surface area contributed by atoms with Gasteiger partial charge in [0.05, 0.1) is 26.2 Å². The maximum absolute atomic E-state index is 15.0. The topological polar surface area (TPSA) is 470 Å². The number of primary amides is 2. The number of halogens is 1. The van der Waals surface area contributed by atoms with Gasteiger partial charge in [0.2, 0.25) is 59.1 Å². The second kappa shape index (κ2) is 38.0. The molecule has 0 saturated carbocycles. The third-order valence-corrected chi connectivity index (χ3v) is 18.3. The van der Waals surface area contributed by atoms with Crippen molar-refractivity contribution in [1.29, 1.82) is 0 Å². The molecule has 3 aliphatic rings. The SMILES string of the molecule is CC(C)C[C@H](NC(=O)[C@@H](Cc1ccc(CN2CCOCC2)cc1)NC(=O)[C@H](CC(N)=O)NC(=O)[C@H](CO)NC(=O)[C@@H](Cc1cccnc1)NC(=O)C(Cc1ccc(Cl)cc1)N1C(=O)NC(Cc2ccc3ccccc3c2)C1=O)C(=O)N[C@@H](CCCN=C(N)N)C(=O)N1CCC[C@H]1C(=O)N[C@H](C)C(N)=O. The summed E-state index contributed by atoms with van der Waals surface area (Å²) in [6.45, 7) is 7.12. The predicted molar refractivity (Wildman–Crippen MR) is 383 cm³/mol. The van der Waals surface area contributed by atoms with Gasteiger partial charge < -0.3 is 80.2 Å². The molecule has 3 saturated heterocycles. The van der Waals surface area contributed by atoms with Gasteiger partial charge in [0.25, 0.3) is 5.91 Å². The number of pyridine rings is 1. The Bertz CT molecular complexity index is 3920. The van der Waals surface area contributed by atoms with E-state index in [0.29, 0.717) is 61.0 Å². The summed E-state index contributed by atoms with van der Waals surface area (Å²) in [7, 11) is 0. The average molecular weight is 1460 g/mol. The van der Waals surface area contributed by atoms with E-state index in [1.165, 1.54) is 24.2 Å². The highest BCUT2D eigenvalue weighted by molar-refractivity contribution is 6.30. The minimum atomic E-state index is -1.92. The van der Waals surface area contributed by atoms with Crippen LogP contribution >= 0.6 is 11.6 Å². The number of carbonyl (C=O) groups is 12. The lowest BCUT2D eigenvalue weighted by Crippen LogP contribution is -2.61. The number of nitrogens with zero attached hydrogens (tertiary/aromatic N) is 5. The Morgan fingerprint density at radius 2 is 1.22 bits per heavy atom. The molecule has 13 amide bonds. The number of rotatable bonds is 36. The number of benzene rings is 4. The highest BCUT2D eigenvalue weighted by Gasteiger charge is 2.46. The zero-order chi connectivity index (χ0) is 75.1. The first-order chi connectivity index (χ1) is 49.7. The van der Waals surface area contributed by atoms with E-state index in [1.54, 1.807) is 62.4 Å². The van der Waals surface area contributed by atoms with Crippen LogP contribution in [-0.4, -0.2) is 208 Å². The third kappa shape index (κ3) is 22.9. The largest absolute Gasteiger partial charge is 0.394 e. The van der Waals surface area contributed by atoms with Gasteiger partial charge in [-0.05, 0) is 102 Å². The number of hydrogen-bond donors (Lipinski definition) is 13. The lowest BCUT2D eigenvalue weighted by atomic mass is 9.99. The number of aliphatic hydroxyl groups is 1. The van der Waals surface area contributed by atoms with Crippen LogP contribution in [0.25, 0.3) is 10.8 Å². The number of nitrogens with one attached hydrogen (secondary N) is 8. The molecule has 17 N–H and O–H groups in total. The van der Waals surface area contributed by atoms with Gasteiger partial charge in [0.1, 0.15) is 60.4 Å². The number of aliphatic imine (C=N–C) groups is 1.